The molecule has 0 saturated heterocycles. The number of rotatable bonds is 5. The van der Waals surface area contributed by atoms with Gasteiger partial charge in [0.05, 0.1) is 6.20 Å². The quantitative estimate of drug-likeness (QED) is 0.580. The summed E-state index contributed by atoms with van der Waals surface area (Å²) < 4.78 is 16.1. The fourth-order valence-corrected chi connectivity index (χ4v) is 2.94. The molecule has 0 fully saturated rings. The van der Waals surface area contributed by atoms with Crippen LogP contribution in [0.4, 0.5) is 4.39 Å². The third kappa shape index (κ3) is 3.03. The number of aromatic nitrogens is 5. The van der Waals surface area contributed by atoms with Gasteiger partial charge in [-0.2, -0.15) is 5.10 Å². The SMILES string of the molecule is O=C(O)CCCn1ccc2c(nnc3c(-c4ccc(F)cc4)cnn32)c1=O. The van der Waals surface area contributed by atoms with Gasteiger partial charge >= 0.3 is 5.97 Å². The molecule has 0 spiro atoms. The summed E-state index contributed by atoms with van der Waals surface area (Å²) in [5.41, 5.74) is 2.15. The van der Waals surface area contributed by atoms with E-state index in [1.165, 1.54) is 21.2 Å². The van der Waals surface area contributed by atoms with Crippen LogP contribution in [0.25, 0.3) is 27.8 Å². The molecule has 3 heterocycles. The van der Waals surface area contributed by atoms with E-state index in [2.05, 4.69) is 15.3 Å². The first-order chi connectivity index (χ1) is 13.0. The van der Waals surface area contributed by atoms with Gasteiger partial charge in [0.2, 0.25) is 0 Å². The zero-order valence-corrected chi connectivity index (χ0v) is 14.0. The lowest BCUT2D eigenvalue weighted by Crippen LogP contribution is -2.22. The molecule has 0 aliphatic heterocycles. The zero-order chi connectivity index (χ0) is 19.0. The minimum Gasteiger partial charge on any atom is -0.481 e. The summed E-state index contributed by atoms with van der Waals surface area (Å²) in [6, 6.07) is 7.64. The Bertz CT molecular complexity index is 1210. The van der Waals surface area contributed by atoms with Gasteiger partial charge in [0.15, 0.2) is 11.2 Å². The summed E-state index contributed by atoms with van der Waals surface area (Å²) >= 11 is 0. The molecule has 4 rings (SSSR count). The van der Waals surface area contributed by atoms with Gasteiger partial charge in [-0.15, -0.1) is 10.2 Å². The first kappa shape index (κ1) is 16.8. The van der Waals surface area contributed by atoms with E-state index >= 15 is 0 Å². The van der Waals surface area contributed by atoms with E-state index in [4.69, 9.17) is 5.11 Å². The second-order valence-electron chi connectivity index (χ2n) is 6.05. The maximum atomic E-state index is 13.1. The summed E-state index contributed by atoms with van der Waals surface area (Å²) in [6.45, 7) is 0.278. The van der Waals surface area contributed by atoms with E-state index in [1.54, 1.807) is 30.6 Å². The normalized spacial score (nSPS) is 11.3. The molecule has 8 nitrogen and oxygen atoms in total. The monoisotopic (exact) mass is 367 g/mol. The molecule has 0 bridgehead atoms. The first-order valence-corrected chi connectivity index (χ1v) is 8.26. The Kier molecular flexibility index (Phi) is 4.11. The lowest BCUT2D eigenvalue weighted by atomic mass is 10.1. The number of aryl methyl sites for hydroxylation is 1. The molecule has 136 valence electrons. The molecule has 0 unspecified atom stereocenters. The van der Waals surface area contributed by atoms with Gasteiger partial charge in [-0.3, -0.25) is 9.59 Å². The van der Waals surface area contributed by atoms with E-state index in [-0.39, 0.29) is 29.9 Å². The minimum absolute atomic E-state index is 0.0185. The van der Waals surface area contributed by atoms with Crippen molar-refractivity contribution in [1.29, 1.82) is 0 Å². The van der Waals surface area contributed by atoms with Gasteiger partial charge in [0.25, 0.3) is 5.56 Å². The van der Waals surface area contributed by atoms with Crippen LogP contribution in [0.2, 0.25) is 0 Å². The van der Waals surface area contributed by atoms with Crippen molar-refractivity contribution < 1.29 is 14.3 Å². The lowest BCUT2D eigenvalue weighted by Gasteiger charge is -2.06. The summed E-state index contributed by atoms with van der Waals surface area (Å²) in [4.78, 5) is 23.2. The standard InChI is InChI=1S/C18H14FN5O3/c19-12-5-3-11(4-6-12)13-10-20-24-14-7-9-23(8-1-2-15(25)26)18(27)16(14)21-22-17(13)24/h3-7,9-10H,1-2,8H2,(H,25,26). The molecule has 0 saturated carbocycles. The number of benzene rings is 1. The van der Waals surface area contributed by atoms with Crippen molar-refractivity contribution in [2.24, 2.45) is 0 Å². The summed E-state index contributed by atoms with van der Waals surface area (Å²) in [6.07, 6.45) is 3.50. The average Bonchev–Trinajstić information content (AvgIpc) is 3.08. The van der Waals surface area contributed by atoms with Gasteiger partial charge in [0, 0.05) is 24.7 Å². The van der Waals surface area contributed by atoms with Crippen LogP contribution in [0.5, 0.6) is 0 Å². The number of carbonyl (C=O) groups is 1. The predicted octanol–water partition coefficient (Wildman–Crippen LogP) is 2.11. The molecule has 9 heteroatoms. The van der Waals surface area contributed by atoms with Crippen molar-refractivity contribution in [3.8, 4) is 11.1 Å². The Balaban J connectivity index is 1.78. The molecule has 0 atom stereocenters. The second kappa shape index (κ2) is 6.60. The Hall–Kier alpha value is -3.62. The van der Waals surface area contributed by atoms with Crippen LogP contribution in [0, 0.1) is 5.82 Å². The van der Waals surface area contributed by atoms with Crippen LogP contribution >= 0.6 is 0 Å². The minimum atomic E-state index is -0.907. The number of aliphatic carboxylic acids is 1. The number of carboxylic acids is 1. The van der Waals surface area contributed by atoms with Crippen LogP contribution in [0.1, 0.15) is 12.8 Å². The van der Waals surface area contributed by atoms with Gasteiger partial charge < -0.3 is 9.67 Å². The molecule has 27 heavy (non-hydrogen) atoms. The fraction of sp³-hybridized carbons (Fsp3) is 0.167. The van der Waals surface area contributed by atoms with Gasteiger partial charge in [-0.1, -0.05) is 12.1 Å². The molecular formula is C18H14FN5O3. The maximum absolute atomic E-state index is 13.1. The molecule has 3 aromatic heterocycles. The van der Waals surface area contributed by atoms with E-state index in [0.29, 0.717) is 23.1 Å². The molecule has 0 radical (unpaired) electrons. The number of pyridine rings is 1. The molecule has 0 amide bonds. The van der Waals surface area contributed by atoms with E-state index in [0.717, 1.165) is 5.56 Å². The Morgan fingerprint density at radius 1 is 1.15 bits per heavy atom. The van der Waals surface area contributed by atoms with Crippen molar-refractivity contribution in [2.45, 2.75) is 19.4 Å². The molecule has 1 N–H and O–H groups in total. The van der Waals surface area contributed by atoms with Crippen LogP contribution < -0.4 is 5.56 Å². The zero-order valence-electron chi connectivity index (χ0n) is 14.0. The second-order valence-corrected chi connectivity index (χ2v) is 6.05. The largest absolute Gasteiger partial charge is 0.481 e. The number of halogens is 1. The van der Waals surface area contributed by atoms with Crippen molar-refractivity contribution in [2.75, 3.05) is 0 Å². The number of hydrogen-bond acceptors (Lipinski definition) is 5. The Morgan fingerprint density at radius 2 is 1.93 bits per heavy atom. The van der Waals surface area contributed by atoms with Crippen LogP contribution in [-0.2, 0) is 11.3 Å². The highest BCUT2D eigenvalue weighted by atomic mass is 19.1. The van der Waals surface area contributed by atoms with E-state index in [1.807, 2.05) is 0 Å². The highest BCUT2D eigenvalue weighted by molar-refractivity contribution is 5.82. The fourth-order valence-electron chi connectivity index (χ4n) is 2.94. The number of fused-ring (bicyclic) bond motifs is 3. The smallest absolute Gasteiger partial charge is 0.303 e. The van der Waals surface area contributed by atoms with Gasteiger partial charge in [-0.25, -0.2) is 8.91 Å². The Labute approximate surface area is 151 Å². The Morgan fingerprint density at radius 3 is 2.67 bits per heavy atom. The van der Waals surface area contributed by atoms with Crippen molar-refractivity contribution in [3.63, 3.8) is 0 Å². The van der Waals surface area contributed by atoms with Gasteiger partial charge in [-0.05, 0) is 30.2 Å². The predicted molar refractivity (Wildman–Crippen MR) is 94.8 cm³/mol. The van der Waals surface area contributed by atoms with Gasteiger partial charge in [0.1, 0.15) is 11.3 Å². The van der Waals surface area contributed by atoms with Crippen molar-refractivity contribution in [1.82, 2.24) is 24.4 Å². The number of carboxylic acid groups (broad SMARTS) is 1. The molecule has 0 aliphatic carbocycles. The molecular weight excluding hydrogens is 353 g/mol. The highest BCUT2D eigenvalue weighted by Gasteiger charge is 2.14. The maximum Gasteiger partial charge on any atom is 0.303 e. The third-order valence-electron chi connectivity index (χ3n) is 4.28. The topological polar surface area (TPSA) is 102 Å². The average molecular weight is 367 g/mol. The molecule has 1 aromatic carbocycles. The summed E-state index contributed by atoms with van der Waals surface area (Å²) in [5, 5.41) is 21.2. The number of hydrogen-bond donors (Lipinski definition) is 1. The van der Waals surface area contributed by atoms with Crippen LogP contribution in [0.3, 0.4) is 0 Å². The molecule has 0 aliphatic rings. The van der Waals surface area contributed by atoms with Crippen molar-refractivity contribution >= 4 is 22.6 Å². The summed E-state index contributed by atoms with van der Waals surface area (Å²) in [7, 11) is 0. The third-order valence-corrected chi connectivity index (χ3v) is 4.28. The first-order valence-electron chi connectivity index (χ1n) is 8.26. The van der Waals surface area contributed by atoms with Crippen molar-refractivity contribution in [3.05, 3.63) is 58.9 Å². The number of nitrogens with zero attached hydrogens (tertiary/aromatic N) is 5. The van der Waals surface area contributed by atoms with E-state index < -0.39 is 5.97 Å². The molecule has 4 aromatic rings. The van der Waals surface area contributed by atoms with E-state index in [9.17, 15) is 14.0 Å². The van der Waals surface area contributed by atoms with Crippen LogP contribution in [0.15, 0.2) is 47.5 Å². The summed E-state index contributed by atoms with van der Waals surface area (Å²) in [5.74, 6) is -1.24. The van der Waals surface area contributed by atoms with Crippen LogP contribution in [-0.4, -0.2) is 35.5 Å². The highest BCUT2D eigenvalue weighted by Crippen LogP contribution is 2.24. The lowest BCUT2D eigenvalue weighted by molar-refractivity contribution is -0.137.